The van der Waals surface area contributed by atoms with Gasteiger partial charge in [-0.15, -0.1) is 0 Å². The fourth-order valence-electron chi connectivity index (χ4n) is 3.44. The summed E-state index contributed by atoms with van der Waals surface area (Å²) in [6, 6.07) is 4.04. The number of carbonyl (C=O) groups excluding carboxylic acids is 1. The SMILES string of the molecule is CCCN1c2cc(OC)c(C=O)cc2C(C)CC1(C)C. The molecule has 0 bridgehead atoms. The maximum atomic E-state index is 11.2. The summed E-state index contributed by atoms with van der Waals surface area (Å²) >= 11 is 0. The highest BCUT2D eigenvalue weighted by Crippen LogP contribution is 2.45. The Morgan fingerprint density at radius 2 is 2.15 bits per heavy atom. The van der Waals surface area contributed by atoms with Crippen LogP contribution < -0.4 is 9.64 Å². The van der Waals surface area contributed by atoms with Gasteiger partial charge in [0.2, 0.25) is 0 Å². The second kappa shape index (κ2) is 5.47. The van der Waals surface area contributed by atoms with Crippen LogP contribution >= 0.6 is 0 Å². The minimum absolute atomic E-state index is 0.135. The van der Waals surface area contributed by atoms with Gasteiger partial charge in [-0.2, -0.15) is 0 Å². The molecule has 0 fully saturated rings. The highest BCUT2D eigenvalue weighted by atomic mass is 16.5. The monoisotopic (exact) mass is 275 g/mol. The molecule has 1 atom stereocenters. The molecule has 0 aromatic heterocycles. The van der Waals surface area contributed by atoms with Crippen LogP contribution in [0.4, 0.5) is 5.69 Å². The Hall–Kier alpha value is -1.51. The summed E-state index contributed by atoms with van der Waals surface area (Å²) in [7, 11) is 1.62. The molecule has 2 rings (SSSR count). The lowest BCUT2D eigenvalue weighted by atomic mass is 9.79. The van der Waals surface area contributed by atoms with E-state index in [0.717, 1.165) is 25.7 Å². The molecular weight excluding hydrogens is 250 g/mol. The highest BCUT2D eigenvalue weighted by molar-refractivity contribution is 5.82. The molecule has 1 unspecified atom stereocenters. The van der Waals surface area contributed by atoms with Crippen LogP contribution in [0.5, 0.6) is 5.75 Å². The zero-order chi connectivity index (χ0) is 14.9. The molecule has 0 amide bonds. The molecule has 1 aromatic carbocycles. The fourth-order valence-corrected chi connectivity index (χ4v) is 3.44. The average molecular weight is 275 g/mol. The molecule has 1 aliphatic rings. The van der Waals surface area contributed by atoms with E-state index in [0.29, 0.717) is 17.2 Å². The topological polar surface area (TPSA) is 29.5 Å². The minimum Gasteiger partial charge on any atom is -0.496 e. The van der Waals surface area contributed by atoms with E-state index in [9.17, 15) is 4.79 Å². The largest absolute Gasteiger partial charge is 0.496 e. The van der Waals surface area contributed by atoms with Gasteiger partial charge in [0, 0.05) is 23.8 Å². The van der Waals surface area contributed by atoms with Crippen molar-refractivity contribution in [3.8, 4) is 5.75 Å². The van der Waals surface area contributed by atoms with Crippen molar-refractivity contribution in [3.63, 3.8) is 0 Å². The number of hydrogen-bond donors (Lipinski definition) is 0. The number of rotatable bonds is 4. The summed E-state index contributed by atoms with van der Waals surface area (Å²) in [6.07, 6.45) is 3.09. The molecule has 0 N–H and O–H groups in total. The molecule has 0 saturated carbocycles. The lowest BCUT2D eigenvalue weighted by molar-refractivity contribution is 0.112. The summed E-state index contributed by atoms with van der Waals surface area (Å²) < 4.78 is 5.37. The summed E-state index contributed by atoms with van der Waals surface area (Å²) in [4.78, 5) is 13.7. The summed E-state index contributed by atoms with van der Waals surface area (Å²) in [5.41, 5.74) is 3.27. The fraction of sp³-hybridized carbons (Fsp3) is 0.588. The number of fused-ring (bicyclic) bond motifs is 1. The third kappa shape index (κ3) is 2.41. The van der Waals surface area contributed by atoms with Gasteiger partial charge >= 0.3 is 0 Å². The minimum atomic E-state index is 0.135. The molecule has 110 valence electrons. The second-order valence-electron chi connectivity index (χ2n) is 6.34. The lowest BCUT2D eigenvalue weighted by Crippen LogP contribution is -2.48. The van der Waals surface area contributed by atoms with Crippen LogP contribution in [0.1, 0.15) is 62.4 Å². The zero-order valence-corrected chi connectivity index (χ0v) is 13.2. The highest BCUT2D eigenvalue weighted by Gasteiger charge is 2.36. The maximum Gasteiger partial charge on any atom is 0.153 e. The van der Waals surface area contributed by atoms with E-state index in [1.54, 1.807) is 7.11 Å². The van der Waals surface area contributed by atoms with Gasteiger partial charge in [0.15, 0.2) is 6.29 Å². The predicted octanol–water partition coefficient (Wildman–Crippen LogP) is 4.01. The van der Waals surface area contributed by atoms with E-state index in [1.165, 1.54) is 11.3 Å². The van der Waals surface area contributed by atoms with E-state index in [4.69, 9.17) is 4.74 Å². The van der Waals surface area contributed by atoms with Crippen LogP contribution in [0, 0.1) is 0 Å². The van der Waals surface area contributed by atoms with Gasteiger partial charge in [-0.3, -0.25) is 4.79 Å². The molecule has 3 nitrogen and oxygen atoms in total. The molecule has 20 heavy (non-hydrogen) atoms. The lowest BCUT2D eigenvalue weighted by Gasteiger charge is -2.47. The number of benzene rings is 1. The number of anilines is 1. The number of methoxy groups -OCH3 is 1. The second-order valence-corrected chi connectivity index (χ2v) is 6.34. The standard InChI is InChI=1S/C17H25NO2/c1-6-7-18-15-9-16(20-5)13(11-19)8-14(15)12(2)10-17(18,3)4/h8-9,11-12H,6-7,10H2,1-5H3. The van der Waals surface area contributed by atoms with Crippen LogP contribution in [0.25, 0.3) is 0 Å². The van der Waals surface area contributed by atoms with E-state index in [-0.39, 0.29) is 5.54 Å². The Labute approximate surface area is 121 Å². The number of carbonyl (C=O) groups is 1. The van der Waals surface area contributed by atoms with Crippen molar-refractivity contribution in [1.82, 2.24) is 0 Å². The van der Waals surface area contributed by atoms with Gasteiger partial charge < -0.3 is 9.64 Å². The Kier molecular flexibility index (Phi) is 4.07. The van der Waals surface area contributed by atoms with Gasteiger partial charge in [-0.05, 0) is 44.2 Å². The first-order valence-electron chi connectivity index (χ1n) is 7.39. The van der Waals surface area contributed by atoms with Crippen LogP contribution in [0.2, 0.25) is 0 Å². The van der Waals surface area contributed by atoms with Gasteiger partial charge in [0.1, 0.15) is 5.75 Å². The average Bonchev–Trinajstić information content (AvgIpc) is 2.41. The smallest absolute Gasteiger partial charge is 0.153 e. The molecule has 1 aliphatic heterocycles. The van der Waals surface area contributed by atoms with Gasteiger partial charge in [0.05, 0.1) is 12.7 Å². The molecule has 3 heteroatoms. The Balaban J connectivity index is 2.60. The summed E-state index contributed by atoms with van der Waals surface area (Å²) in [5, 5.41) is 0. The Bertz CT molecular complexity index is 508. The molecule has 0 saturated heterocycles. The number of hydrogen-bond acceptors (Lipinski definition) is 3. The zero-order valence-electron chi connectivity index (χ0n) is 13.2. The number of aldehydes is 1. The van der Waals surface area contributed by atoms with Crippen molar-refractivity contribution in [3.05, 3.63) is 23.3 Å². The number of ether oxygens (including phenoxy) is 1. The Morgan fingerprint density at radius 3 is 2.70 bits per heavy atom. The molecule has 1 aromatic rings. The third-order valence-electron chi connectivity index (χ3n) is 4.31. The van der Waals surface area contributed by atoms with E-state index in [2.05, 4.69) is 32.6 Å². The van der Waals surface area contributed by atoms with Crippen molar-refractivity contribution in [1.29, 1.82) is 0 Å². The van der Waals surface area contributed by atoms with Gasteiger partial charge in [-0.1, -0.05) is 13.8 Å². The van der Waals surface area contributed by atoms with Crippen molar-refractivity contribution < 1.29 is 9.53 Å². The van der Waals surface area contributed by atoms with E-state index in [1.807, 2.05) is 12.1 Å². The van der Waals surface area contributed by atoms with Crippen molar-refractivity contribution in [2.45, 2.75) is 52.0 Å². The van der Waals surface area contributed by atoms with Crippen molar-refractivity contribution in [2.75, 3.05) is 18.6 Å². The van der Waals surface area contributed by atoms with Crippen LogP contribution in [-0.2, 0) is 0 Å². The summed E-state index contributed by atoms with van der Waals surface area (Å²) in [6.45, 7) is 10.1. The van der Waals surface area contributed by atoms with E-state index >= 15 is 0 Å². The van der Waals surface area contributed by atoms with Gasteiger partial charge in [0.25, 0.3) is 0 Å². The number of nitrogens with zero attached hydrogens (tertiary/aromatic N) is 1. The van der Waals surface area contributed by atoms with Crippen LogP contribution in [-0.4, -0.2) is 25.5 Å². The first-order chi connectivity index (χ1) is 9.44. The van der Waals surface area contributed by atoms with Crippen molar-refractivity contribution in [2.24, 2.45) is 0 Å². The molecule has 1 heterocycles. The quantitative estimate of drug-likeness (QED) is 0.778. The first-order valence-corrected chi connectivity index (χ1v) is 7.39. The molecule has 0 aliphatic carbocycles. The van der Waals surface area contributed by atoms with E-state index < -0.39 is 0 Å². The maximum absolute atomic E-state index is 11.2. The third-order valence-corrected chi connectivity index (χ3v) is 4.31. The predicted molar refractivity (Wildman–Crippen MR) is 83.1 cm³/mol. The normalized spacial score (nSPS) is 20.4. The summed E-state index contributed by atoms with van der Waals surface area (Å²) in [5.74, 6) is 1.13. The van der Waals surface area contributed by atoms with Crippen molar-refractivity contribution >= 4 is 12.0 Å². The molecule has 0 spiro atoms. The molecular formula is C17H25NO2. The van der Waals surface area contributed by atoms with Gasteiger partial charge in [-0.25, -0.2) is 0 Å². The Morgan fingerprint density at radius 1 is 1.45 bits per heavy atom. The molecule has 0 radical (unpaired) electrons. The van der Waals surface area contributed by atoms with Crippen LogP contribution in [0.3, 0.4) is 0 Å². The first kappa shape index (κ1) is 14.9. The van der Waals surface area contributed by atoms with Crippen LogP contribution in [0.15, 0.2) is 12.1 Å².